The number of ether oxygens (including phenoxy) is 2. The van der Waals surface area contributed by atoms with Gasteiger partial charge in [0.1, 0.15) is 23.6 Å². The largest absolute Gasteiger partial charge is 0.459 e. The van der Waals surface area contributed by atoms with Crippen molar-refractivity contribution in [1.82, 2.24) is 14.3 Å². The van der Waals surface area contributed by atoms with Crippen LogP contribution in [0.4, 0.5) is 16.3 Å². The number of esters is 1. The molecule has 1 aromatic carbocycles. The summed E-state index contributed by atoms with van der Waals surface area (Å²) >= 11 is 0. The van der Waals surface area contributed by atoms with Crippen molar-refractivity contribution >= 4 is 33.6 Å². The van der Waals surface area contributed by atoms with Crippen LogP contribution in [0.1, 0.15) is 84.5 Å². The lowest BCUT2D eigenvalue weighted by atomic mass is 10.0. The summed E-state index contributed by atoms with van der Waals surface area (Å²) in [4.78, 5) is 38.1. The Bertz CT molecular complexity index is 1630. The molecule has 0 fully saturated rings. The summed E-state index contributed by atoms with van der Waals surface area (Å²) in [6.07, 6.45) is 4.93. The standard InChI is InChI=1S/C36H51N5O6S/c1-10-11-12-16-28-21-20-27(23-30(28)39(8)9)24-40(48(44,45)32-19-13-14-22-37-32)25-29-17-15-18-31(38-29)41(34(43)47-36(5,6)7)26-33(42)46-35(2,3)4/h13-15,17-23H,10-12,16,24-26H2,1-9H3. The number of carbonyl (C=O) groups excluding carboxylic acids is 2. The molecule has 0 unspecified atom stereocenters. The Morgan fingerprint density at radius 2 is 1.56 bits per heavy atom. The maximum absolute atomic E-state index is 14.0. The van der Waals surface area contributed by atoms with Gasteiger partial charge in [0.2, 0.25) is 0 Å². The Morgan fingerprint density at radius 1 is 0.854 bits per heavy atom. The molecule has 0 aliphatic rings. The van der Waals surface area contributed by atoms with Crippen LogP contribution in [0.3, 0.4) is 0 Å². The summed E-state index contributed by atoms with van der Waals surface area (Å²) in [5.41, 5.74) is 1.78. The van der Waals surface area contributed by atoms with Crippen LogP contribution in [0.15, 0.2) is 65.8 Å². The number of carbonyl (C=O) groups is 2. The van der Waals surface area contributed by atoms with Crippen LogP contribution in [0.5, 0.6) is 0 Å². The number of hydrogen-bond donors (Lipinski definition) is 0. The molecule has 2 aromatic heterocycles. The van der Waals surface area contributed by atoms with Gasteiger partial charge in [0.05, 0.1) is 12.2 Å². The highest BCUT2D eigenvalue weighted by molar-refractivity contribution is 7.89. The highest BCUT2D eigenvalue weighted by atomic mass is 32.2. The molecule has 0 bridgehead atoms. The number of anilines is 2. The first-order valence-electron chi connectivity index (χ1n) is 16.3. The number of nitrogens with zero attached hydrogens (tertiary/aromatic N) is 5. The second-order valence-electron chi connectivity index (χ2n) is 13.9. The van der Waals surface area contributed by atoms with E-state index < -0.39 is 39.8 Å². The molecule has 0 aliphatic heterocycles. The zero-order valence-electron chi connectivity index (χ0n) is 29.8. The van der Waals surface area contributed by atoms with E-state index in [1.165, 1.54) is 22.1 Å². The SMILES string of the molecule is CCCCCc1ccc(CN(Cc2cccc(N(CC(=O)OC(C)(C)C)C(=O)OC(C)(C)C)n2)S(=O)(=O)c2ccccn2)cc1N(C)C. The first kappa shape index (κ1) is 38.4. The fourth-order valence-corrected chi connectivity index (χ4v) is 6.24. The Balaban J connectivity index is 2.03. The third kappa shape index (κ3) is 11.6. The average Bonchev–Trinajstić information content (AvgIpc) is 2.99. The zero-order chi connectivity index (χ0) is 35.7. The molecule has 0 N–H and O–H groups in total. The monoisotopic (exact) mass is 681 g/mol. The molecule has 0 spiro atoms. The first-order chi connectivity index (χ1) is 22.4. The molecule has 0 atom stereocenters. The molecule has 1 amide bonds. The second-order valence-corrected chi connectivity index (χ2v) is 15.8. The van der Waals surface area contributed by atoms with Crippen LogP contribution in [0.2, 0.25) is 0 Å². The van der Waals surface area contributed by atoms with Gasteiger partial charge in [-0.3, -0.25) is 9.69 Å². The fraction of sp³-hybridized carbons (Fsp3) is 0.500. The summed E-state index contributed by atoms with van der Waals surface area (Å²) in [5, 5.41) is -0.0921. The first-order valence-corrected chi connectivity index (χ1v) is 17.7. The summed E-state index contributed by atoms with van der Waals surface area (Å²) < 4.78 is 40.5. The van der Waals surface area contributed by atoms with E-state index in [2.05, 4.69) is 23.0 Å². The van der Waals surface area contributed by atoms with Gasteiger partial charge in [0.15, 0.2) is 5.03 Å². The second kappa shape index (κ2) is 16.4. The third-order valence-electron chi connectivity index (χ3n) is 7.01. The molecule has 11 nitrogen and oxygen atoms in total. The van der Waals surface area contributed by atoms with E-state index in [0.717, 1.165) is 41.8 Å². The summed E-state index contributed by atoms with van der Waals surface area (Å²) in [6, 6.07) is 15.7. The molecular weight excluding hydrogens is 630 g/mol. The molecule has 3 rings (SSSR count). The minimum Gasteiger partial charge on any atom is -0.459 e. The number of rotatable bonds is 14. The smallest absolute Gasteiger partial charge is 0.416 e. The van der Waals surface area contributed by atoms with Gasteiger partial charge in [-0.2, -0.15) is 4.31 Å². The number of amides is 1. The Labute approximate surface area is 286 Å². The molecule has 3 aromatic rings. The average molecular weight is 682 g/mol. The van der Waals surface area contributed by atoms with Gasteiger partial charge in [-0.05, 0) is 95.8 Å². The van der Waals surface area contributed by atoms with Crippen LogP contribution in [-0.2, 0) is 43.8 Å². The lowest BCUT2D eigenvalue weighted by Crippen LogP contribution is -2.42. The van der Waals surface area contributed by atoms with E-state index in [9.17, 15) is 18.0 Å². The number of aromatic nitrogens is 2. The molecule has 2 heterocycles. The number of hydrogen-bond acceptors (Lipinski definition) is 9. The number of unbranched alkanes of at least 4 members (excludes halogenated alkanes) is 2. The van der Waals surface area contributed by atoms with Crippen LogP contribution < -0.4 is 9.80 Å². The van der Waals surface area contributed by atoms with Crippen LogP contribution >= 0.6 is 0 Å². The molecule has 0 radical (unpaired) electrons. The predicted molar refractivity (Wildman–Crippen MR) is 188 cm³/mol. The van der Waals surface area contributed by atoms with Crippen molar-refractivity contribution < 1.29 is 27.5 Å². The summed E-state index contributed by atoms with van der Waals surface area (Å²) in [7, 11) is -0.122. The molecular formula is C36H51N5O6S. The molecule has 48 heavy (non-hydrogen) atoms. The maximum Gasteiger partial charge on any atom is 0.416 e. The van der Waals surface area contributed by atoms with Gasteiger partial charge in [0, 0.05) is 32.5 Å². The normalized spacial score (nSPS) is 12.1. The van der Waals surface area contributed by atoms with Crippen molar-refractivity contribution in [2.24, 2.45) is 0 Å². The maximum atomic E-state index is 14.0. The summed E-state index contributed by atoms with van der Waals surface area (Å²) in [6.45, 7) is 12.0. The zero-order valence-corrected chi connectivity index (χ0v) is 30.6. The van der Waals surface area contributed by atoms with E-state index in [1.54, 1.807) is 71.9 Å². The fourth-order valence-electron chi connectivity index (χ4n) is 4.91. The number of sulfonamides is 1. The van der Waals surface area contributed by atoms with E-state index in [4.69, 9.17) is 9.47 Å². The van der Waals surface area contributed by atoms with E-state index in [-0.39, 0.29) is 23.9 Å². The minimum atomic E-state index is -4.08. The number of benzene rings is 1. The van der Waals surface area contributed by atoms with E-state index >= 15 is 0 Å². The number of pyridine rings is 2. The van der Waals surface area contributed by atoms with Gasteiger partial charge in [0.25, 0.3) is 10.0 Å². The Kier molecular flexibility index (Phi) is 13.1. The van der Waals surface area contributed by atoms with Gasteiger partial charge < -0.3 is 14.4 Å². The quantitative estimate of drug-likeness (QED) is 0.134. The van der Waals surface area contributed by atoms with Crippen molar-refractivity contribution in [2.75, 3.05) is 30.4 Å². The number of aryl methyl sites for hydroxylation is 1. The van der Waals surface area contributed by atoms with Gasteiger partial charge >= 0.3 is 12.1 Å². The van der Waals surface area contributed by atoms with Crippen molar-refractivity contribution in [3.8, 4) is 0 Å². The molecule has 0 saturated carbocycles. The van der Waals surface area contributed by atoms with Gasteiger partial charge in [-0.1, -0.05) is 44.0 Å². The van der Waals surface area contributed by atoms with Crippen LogP contribution in [0.25, 0.3) is 0 Å². The van der Waals surface area contributed by atoms with Crippen molar-refractivity contribution in [3.05, 3.63) is 77.6 Å². The van der Waals surface area contributed by atoms with Crippen molar-refractivity contribution in [2.45, 2.75) is 103 Å². The van der Waals surface area contributed by atoms with Crippen LogP contribution in [-0.4, -0.2) is 66.6 Å². The van der Waals surface area contributed by atoms with E-state index in [1.807, 2.05) is 31.1 Å². The topological polar surface area (TPSA) is 122 Å². The molecule has 12 heteroatoms. The lowest BCUT2D eigenvalue weighted by Gasteiger charge is -2.28. The Morgan fingerprint density at radius 3 is 2.17 bits per heavy atom. The van der Waals surface area contributed by atoms with E-state index in [0.29, 0.717) is 5.69 Å². The highest BCUT2D eigenvalue weighted by Gasteiger charge is 2.30. The van der Waals surface area contributed by atoms with Crippen molar-refractivity contribution in [1.29, 1.82) is 0 Å². The molecule has 0 saturated heterocycles. The van der Waals surface area contributed by atoms with Gasteiger partial charge in [-0.15, -0.1) is 0 Å². The summed E-state index contributed by atoms with van der Waals surface area (Å²) in [5.74, 6) is -0.524. The minimum absolute atomic E-state index is 0.0502. The van der Waals surface area contributed by atoms with Crippen LogP contribution in [0, 0.1) is 0 Å². The Hall–Kier alpha value is -4.03. The highest BCUT2D eigenvalue weighted by Crippen LogP contribution is 2.27. The molecule has 262 valence electrons. The predicted octanol–water partition coefficient (Wildman–Crippen LogP) is 6.75. The third-order valence-corrected chi connectivity index (χ3v) is 8.72. The lowest BCUT2D eigenvalue weighted by molar-refractivity contribution is -0.153. The van der Waals surface area contributed by atoms with Crippen molar-refractivity contribution in [3.63, 3.8) is 0 Å². The van der Waals surface area contributed by atoms with Gasteiger partial charge in [-0.25, -0.2) is 23.2 Å². The molecule has 0 aliphatic carbocycles.